The average molecular weight is 390 g/mol. The molecular weight excluding hydrogens is 370 g/mol. The minimum atomic E-state index is 0.206. The maximum absolute atomic E-state index is 6.34. The van der Waals surface area contributed by atoms with Gasteiger partial charge in [0.2, 0.25) is 5.95 Å². The van der Waals surface area contributed by atoms with Crippen molar-refractivity contribution in [1.29, 1.82) is 0 Å². The Labute approximate surface area is 160 Å². The number of aromatic nitrogens is 5. The lowest BCUT2D eigenvalue weighted by molar-refractivity contribution is -0.0286. The van der Waals surface area contributed by atoms with E-state index >= 15 is 0 Å². The molecule has 10 heteroatoms. The van der Waals surface area contributed by atoms with Gasteiger partial charge in [-0.1, -0.05) is 11.6 Å². The van der Waals surface area contributed by atoms with E-state index in [1.165, 1.54) is 0 Å². The van der Waals surface area contributed by atoms with E-state index < -0.39 is 0 Å². The summed E-state index contributed by atoms with van der Waals surface area (Å²) in [5, 5.41) is 12.4. The predicted molar refractivity (Wildman–Crippen MR) is 102 cm³/mol. The van der Waals surface area contributed by atoms with Crippen LogP contribution in [0.3, 0.4) is 0 Å². The Hall–Kier alpha value is -2.36. The first-order valence-electron chi connectivity index (χ1n) is 9.04. The van der Waals surface area contributed by atoms with Crippen molar-refractivity contribution >= 4 is 40.1 Å². The third-order valence-electron chi connectivity index (χ3n) is 4.84. The van der Waals surface area contributed by atoms with Crippen LogP contribution in [0.2, 0.25) is 5.02 Å². The number of rotatable bonds is 5. The highest BCUT2D eigenvalue weighted by atomic mass is 35.5. The maximum Gasteiger partial charge on any atom is 0.231 e. The number of nitrogens with one attached hydrogen (secondary N) is 3. The Kier molecular flexibility index (Phi) is 4.35. The second-order valence-electron chi connectivity index (χ2n) is 6.84. The zero-order valence-corrected chi connectivity index (χ0v) is 15.4. The molecule has 0 bridgehead atoms. The van der Waals surface area contributed by atoms with E-state index in [2.05, 4.69) is 30.7 Å². The number of nitrogens with zero attached hydrogens (tertiary/aromatic N) is 4. The van der Waals surface area contributed by atoms with Crippen LogP contribution in [-0.2, 0) is 9.47 Å². The van der Waals surface area contributed by atoms with Crippen molar-refractivity contribution in [2.24, 2.45) is 0 Å². The van der Waals surface area contributed by atoms with Gasteiger partial charge in [0.15, 0.2) is 0 Å². The van der Waals surface area contributed by atoms with Crippen LogP contribution < -0.4 is 10.6 Å². The van der Waals surface area contributed by atoms with Gasteiger partial charge in [0.1, 0.15) is 11.5 Å². The molecule has 2 aliphatic heterocycles. The van der Waals surface area contributed by atoms with E-state index in [-0.39, 0.29) is 6.04 Å². The number of anilines is 3. The van der Waals surface area contributed by atoms with Crippen LogP contribution in [0.25, 0.3) is 11.0 Å². The zero-order chi connectivity index (χ0) is 18.2. The van der Waals surface area contributed by atoms with E-state index in [0.29, 0.717) is 48.3 Å². The number of aromatic amines is 1. The SMILES string of the molecule is Clc1c[nH]c2nc(Nc3cnn(C4COC4)c3)nc(N[C@@H]3CCCOC3)c12. The molecule has 0 aromatic carbocycles. The molecule has 0 amide bonds. The molecule has 5 heterocycles. The highest BCUT2D eigenvalue weighted by Crippen LogP contribution is 2.31. The Morgan fingerprint density at radius 3 is 2.93 bits per heavy atom. The van der Waals surface area contributed by atoms with Crippen LogP contribution in [-0.4, -0.2) is 57.2 Å². The lowest BCUT2D eigenvalue weighted by Gasteiger charge is -2.25. The van der Waals surface area contributed by atoms with Crippen molar-refractivity contribution in [3.63, 3.8) is 0 Å². The molecule has 3 aromatic heterocycles. The van der Waals surface area contributed by atoms with Gasteiger partial charge >= 0.3 is 0 Å². The Morgan fingerprint density at radius 2 is 2.15 bits per heavy atom. The summed E-state index contributed by atoms with van der Waals surface area (Å²) >= 11 is 6.34. The van der Waals surface area contributed by atoms with Gasteiger partial charge in [0, 0.05) is 19.0 Å². The zero-order valence-electron chi connectivity index (χ0n) is 14.6. The Balaban J connectivity index is 1.42. The minimum absolute atomic E-state index is 0.206. The van der Waals surface area contributed by atoms with Gasteiger partial charge in [-0.15, -0.1) is 0 Å². The molecule has 9 nitrogen and oxygen atoms in total. The topological polar surface area (TPSA) is 102 Å². The van der Waals surface area contributed by atoms with Gasteiger partial charge in [-0.2, -0.15) is 15.1 Å². The Morgan fingerprint density at radius 1 is 1.22 bits per heavy atom. The molecule has 0 aliphatic carbocycles. The quantitative estimate of drug-likeness (QED) is 0.616. The standard InChI is InChI=1S/C17H20ClN7O2/c18-13-5-19-15-14(13)16(21-10-2-1-3-26-7-10)24-17(23-15)22-11-4-20-25(6-11)12-8-27-9-12/h4-6,10,12H,1-3,7-9H2,(H3,19,21,22,23,24)/t10-/m1/s1. The van der Waals surface area contributed by atoms with Crippen molar-refractivity contribution in [3.05, 3.63) is 23.6 Å². The molecule has 3 aromatic rings. The molecule has 2 aliphatic rings. The highest BCUT2D eigenvalue weighted by molar-refractivity contribution is 6.36. The summed E-state index contributed by atoms with van der Waals surface area (Å²) in [6.07, 6.45) is 7.48. The summed E-state index contributed by atoms with van der Waals surface area (Å²) in [6, 6.07) is 0.506. The molecule has 0 spiro atoms. The monoisotopic (exact) mass is 389 g/mol. The largest absolute Gasteiger partial charge is 0.379 e. The minimum Gasteiger partial charge on any atom is -0.379 e. The van der Waals surface area contributed by atoms with E-state index in [1.807, 2.05) is 10.9 Å². The summed E-state index contributed by atoms with van der Waals surface area (Å²) in [5.41, 5.74) is 1.50. The summed E-state index contributed by atoms with van der Waals surface area (Å²) < 4.78 is 12.7. The second-order valence-corrected chi connectivity index (χ2v) is 7.25. The molecule has 0 radical (unpaired) electrons. The van der Waals surface area contributed by atoms with Gasteiger partial charge in [-0.3, -0.25) is 4.68 Å². The fourth-order valence-electron chi connectivity index (χ4n) is 3.31. The lowest BCUT2D eigenvalue weighted by Crippen LogP contribution is -2.30. The summed E-state index contributed by atoms with van der Waals surface area (Å²) in [5.74, 6) is 1.17. The summed E-state index contributed by atoms with van der Waals surface area (Å²) in [4.78, 5) is 12.3. The molecule has 5 rings (SSSR count). The number of ether oxygens (including phenoxy) is 2. The summed E-state index contributed by atoms with van der Waals surface area (Å²) in [7, 11) is 0. The van der Waals surface area contributed by atoms with Crippen molar-refractivity contribution < 1.29 is 9.47 Å². The highest BCUT2D eigenvalue weighted by Gasteiger charge is 2.22. The molecule has 2 saturated heterocycles. The number of hydrogen-bond acceptors (Lipinski definition) is 7. The smallest absolute Gasteiger partial charge is 0.231 e. The normalized spacial score (nSPS) is 20.6. The number of fused-ring (bicyclic) bond motifs is 1. The predicted octanol–water partition coefficient (Wildman–Crippen LogP) is 2.71. The van der Waals surface area contributed by atoms with Crippen molar-refractivity contribution in [2.45, 2.75) is 24.9 Å². The van der Waals surface area contributed by atoms with Crippen LogP contribution in [0.4, 0.5) is 17.5 Å². The number of halogens is 1. The third kappa shape index (κ3) is 3.33. The first-order valence-corrected chi connectivity index (χ1v) is 9.42. The van der Waals surface area contributed by atoms with Crippen molar-refractivity contribution in [1.82, 2.24) is 24.7 Å². The van der Waals surface area contributed by atoms with Gasteiger partial charge < -0.3 is 25.1 Å². The third-order valence-corrected chi connectivity index (χ3v) is 5.13. The average Bonchev–Trinajstić information content (AvgIpc) is 3.22. The first-order chi connectivity index (χ1) is 13.3. The van der Waals surface area contributed by atoms with Crippen LogP contribution >= 0.6 is 11.6 Å². The fraction of sp³-hybridized carbons (Fsp3) is 0.471. The fourth-order valence-corrected chi connectivity index (χ4v) is 3.54. The van der Waals surface area contributed by atoms with Gasteiger partial charge in [-0.05, 0) is 12.8 Å². The van der Waals surface area contributed by atoms with Crippen LogP contribution in [0.5, 0.6) is 0 Å². The van der Waals surface area contributed by atoms with Crippen molar-refractivity contribution in [2.75, 3.05) is 37.1 Å². The van der Waals surface area contributed by atoms with E-state index in [1.54, 1.807) is 12.4 Å². The van der Waals surface area contributed by atoms with Gasteiger partial charge in [0.05, 0.1) is 54.2 Å². The van der Waals surface area contributed by atoms with Crippen molar-refractivity contribution in [3.8, 4) is 0 Å². The molecule has 142 valence electrons. The van der Waals surface area contributed by atoms with Crippen LogP contribution in [0.1, 0.15) is 18.9 Å². The van der Waals surface area contributed by atoms with Gasteiger partial charge in [0.25, 0.3) is 0 Å². The van der Waals surface area contributed by atoms with Crippen LogP contribution in [0, 0.1) is 0 Å². The van der Waals surface area contributed by atoms with E-state index in [4.69, 9.17) is 21.1 Å². The molecule has 1 atom stereocenters. The molecule has 0 saturated carbocycles. The van der Waals surface area contributed by atoms with E-state index in [0.717, 1.165) is 30.5 Å². The molecule has 2 fully saturated rings. The van der Waals surface area contributed by atoms with Gasteiger partial charge in [-0.25, -0.2) is 0 Å². The number of hydrogen-bond donors (Lipinski definition) is 3. The van der Waals surface area contributed by atoms with E-state index in [9.17, 15) is 0 Å². The molecular formula is C17H20ClN7O2. The first kappa shape index (κ1) is 16.8. The molecule has 0 unspecified atom stereocenters. The Bertz CT molecular complexity index is 946. The lowest BCUT2D eigenvalue weighted by atomic mass is 10.1. The summed E-state index contributed by atoms with van der Waals surface area (Å²) in [6.45, 7) is 2.86. The second kappa shape index (κ2) is 6.99. The molecule has 3 N–H and O–H groups in total. The maximum atomic E-state index is 6.34. The number of H-pyrrole nitrogens is 1. The molecule has 27 heavy (non-hydrogen) atoms. The van der Waals surface area contributed by atoms with Crippen LogP contribution in [0.15, 0.2) is 18.6 Å².